The highest BCUT2D eigenvalue weighted by atomic mass is 16.8. The minimum absolute atomic E-state index is 0.00555. The van der Waals surface area contributed by atoms with Crippen molar-refractivity contribution in [2.45, 2.75) is 253 Å². The second-order valence-electron chi connectivity index (χ2n) is 25.8. The SMILES string of the molecule is C[C@H](CC[C@@H](O[C@@H]1O[C@H](CO)[C@@H](O[C@H]2O[C@H](CO)[C@@H](O)[C@H](O)[C@H]2O)[C@H](O)[C@H]1O[C@H]1O[C@@H](CO)[C@H](O)[C@@H](O)[C@@H]1O)C(C)(C)O)C1CC[C@@]2(C)C3CC=C4C(CC[C@H](O[C@@H]5O[C@H](CO)[C@@H](O)[C@H](O)[C@H]5O)C4(C)C)[C@]3(C)[C@H](O)C[C@]12C. The second kappa shape index (κ2) is 23.7. The molecular weight excluding hydrogens is 1030 g/mol. The predicted molar refractivity (Wildman–Crippen MR) is 268 cm³/mol. The highest BCUT2D eigenvalue weighted by molar-refractivity contribution is 5.32. The van der Waals surface area contributed by atoms with Crippen LogP contribution in [0.4, 0.5) is 0 Å². The number of aliphatic hydroxyl groups is 16. The number of fused-ring (bicyclic) bond motifs is 5. The highest BCUT2D eigenvalue weighted by Crippen LogP contribution is 2.75. The van der Waals surface area contributed by atoms with Crippen LogP contribution < -0.4 is 0 Å². The van der Waals surface area contributed by atoms with Gasteiger partial charge in [-0.3, -0.25) is 0 Å². The van der Waals surface area contributed by atoms with Gasteiger partial charge in [0.25, 0.3) is 0 Å². The average molecular weight is 1130 g/mol. The summed E-state index contributed by atoms with van der Waals surface area (Å²) in [6.45, 7) is 13.2. The lowest BCUT2D eigenvalue weighted by Gasteiger charge is -2.67. The second-order valence-corrected chi connectivity index (χ2v) is 25.8. The molecule has 24 nitrogen and oxygen atoms in total. The maximum Gasteiger partial charge on any atom is 0.187 e. The van der Waals surface area contributed by atoms with Crippen LogP contribution in [0.15, 0.2) is 11.6 Å². The molecule has 16 N–H and O–H groups in total. The fourth-order valence-electron chi connectivity index (χ4n) is 15.7. The lowest BCUT2D eigenvalue weighted by Crippen LogP contribution is -2.67. The van der Waals surface area contributed by atoms with Crippen LogP contribution in [0.2, 0.25) is 0 Å². The Hall–Kier alpha value is -1.22. The van der Waals surface area contributed by atoms with Crippen molar-refractivity contribution in [3.63, 3.8) is 0 Å². The number of hydrogen-bond acceptors (Lipinski definition) is 24. The molecule has 0 amide bonds. The summed E-state index contributed by atoms with van der Waals surface area (Å²) in [5, 5.41) is 173. The Labute approximate surface area is 455 Å². The number of rotatable bonds is 17. The van der Waals surface area contributed by atoms with Gasteiger partial charge >= 0.3 is 0 Å². The standard InChI is InChI=1S/C54H92O24/c1-22(23-15-16-52(6)30-12-10-24-25(54(30,8)31(59)17-53(23,52)7)11-14-32(50(24,2)3)75-46-40(66)37(63)34(60)26(18-55)71-46)9-13-33(51(4,5)70)76-49-45(78-48-42(68)39(65)36(62)28(20-57)73-48)43(69)44(29(21-58)74-49)77-47-41(67)38(64)35(61)27(19-56)72-47/h10,22-23,25-49,55-70H,9,11-21H2,1-8H3/t22-,23?,25?,26-,27-,28+,29-,30?,31-,32+,33-,34-,35-,36+,37+,38+,39-,40-,41-,42+,43+,44-,45-,46+,47-,48-,49+,52+,53-,54+/m1/s1. The van der Waals surface area contributed by atoms with E-state index in [9.17, 15) is 81.7 Å². The van der Waals surface area contributed by atoms with Crippen molar-refractivity contribution >= 4 is 0 Å². The first-order valence-corrected chi connectivity index (χ1v) is 28.0. The molecule has 8 rings (SSSR count). The quantitative estimate of drug-likeness (QED) is 0.0637. The van der Waals surface area contributed by atoms with E-state index in [-0.39, 0.29) is 40.9 Å². The van der Waals surface area contributed by atoms with E-state index in [1.54, 1.807) is 0 Å². The van der Waals surface area contributed by atoms with E-state index in [0.717, 1.165) is 18.4 Å². The predicted octanol–water partition coefficient (Wildman–Crippen LogP) is -3.23. The molecule has 3 saturated carbocycles. The summed E-state index contributed by atoms with van der Waals surface area (Å²) in [5.74, 6) is 0.223. The maximum atomic E-state index is 12.7. The third kappa shape index (κ3) is 10.8. The summed E-state index contributed by atoms with van der Waals surface area (Å²) in [7, 11) is 0. The molecule has 3 unspecified atom stereocenters. The van der Waals surface area contributed by atoms with E-state index in [4.69, 9.17) is 37.9 Å². The highest BCUT2D eigenvalue weighted by Gasteiger charge is 2.70. The molecule has 7 fully saturated rings. The van der Waals surface area contributed by atoms with Crippen LogP contribution in [-0.2, 0) is 37.9 Å². The zero-order valence-electron chi connectivity index (χ0n) is 46.1. The summed E-state index contributed by atoms with van der Waals surface area (Å²) < 4.78 is 48.2. The summed E-state index contributed by atoms with van der Waals surface area (Å²) in [5.41, 5.74) is -2.07. The Morgan fingerprint density at radius 1 is 0.564 bits per heavy atom. The molecule has 4 saturated heterocycles. The molecule has 8 aliphatic rings. The van der Waals surface area contributed by atoms with Crippen LogP contribution in [0, 0.1) is 45.3 Å². The fourth-order valence-corrected chi connectivity index (χ4v) is 15.7. The van der Waals surface area contributed by atoms with Gasteiger partial charge in [0, 0.05) is 10.8 Å². The minimum atomic E-state index is -1.96. The van der Waals surface area contributed by atoms with Crippen molar-refractivity contribution in [3.05, 3.63) is 11.6 Å². The Morgan fingerprint density at radius 2 is 1.04 bits per heavy atom. The van der Waals surface area contributed by atoms with Crippen molar-refractivity contribution in [2.24, 2.45) is 45.3 Å². The van der Waals surface area contributed by atoms with Crippen LogP contribution in [0.3, 0.4) is 0 Å². The molecule has 24 heteroatoms. The first-order valence-electron chi connectivity index (χ1n) is 28.0. The summed E-state index contributed by atoms with van der Waals surface area (Å²) in [4.78, 5) is 0. The molecule has 452 valence electrons. The molecule has 0 radical (unpaired) electrons. The van der Waals surface area contributed by atoms with Crippen molar-refractivity contribution in [1.82, 2.24) is 0 Å². The first kappa shape index (κ1) is 62.8. The van der Waals surface area contributed by atoms with Gasteiger partial charge in [-0.1, -0.05) is 53.2 Å². The van der Waals surface area contributed by atoms with E-state index >= 15 is 0 Å². The smallest absolute Gasteiger partial charge is 0.187 e. The number of aliphatic hydroxyl groups excluding tert-OH is 15. The van der Waals surface area contributed by atoms with Gasteiger partial charge in [-0.05, 0) is 99.7 Å². The summed E-state index contributed by atoms with van der Waals surface area (Å²) in [6, 6.07) is 0. The van der Waals surface area contributed by atoms with E-state index < -0.39 is 184 Å². The third-order valence-electron chi connectivity index (χ3n) is 20.8. The van der Waals surface area contributed by atoms with Crippen molar-refractivity contribution in [3.8, 4) is 0 Å². The van der Waals surface area contributed by atoms with Gasteiger partial charge in [-0.2, -0.15) is 0 Å². The van der Waals surface area contributed by atoms with Gasteiger partial charge in [0.2, 0.25) is 0 Å². The van der Waals surface area contributed by atoms with Crippen molar-refractivity contribution < 1.29 is 120 Å². The zero-order chi connectivity index (χ0) is 57.5. The molecule has 30 atom stereocenters. The third-order valence-corrected chi connectivity index (χ3v) is 20.8. The molecule has 4 aliphatic carbocycles. The number of ether oxygens (including phenoxy) is 8. The monoisotopic (exact) mass is 1120 g/mol. The summed E-state index contributed by atoms with van der Waals surface area (Å²) >= 11 is 0. The fraction of sp³-hybridized carbons (Fsp3) is 0.963. The molecule has 0 aromatic rings. The van der Waals surface area contributed by atoms with Gasteiger partial charge in [0.1, 0.15) is 97.7 Å². The molecule has 4 heterocycles. The molecule has 0 aromatic carbocycles. The largest absolute Gasteiger partial charge is 0.394 e. The Kier molecular flexibility index (Phi) is 19.1. The Morgan fingerprint density at radius 3 is 1.53 bits per heavy atom. The number of allylic oxidation sites excluding steroid dienone is 1. The molecular formula is C54H92O24. The van der Waals surface area contributed by atoms with E-state index in [0.29, 0.717) is 32.1 Å². The van der Waals surface area contributed by atoms with Crippen LogP contribution in [0.5, 0.6) is 0 Å². The van der Waals surface area contributed by atoms with Gasteiger partial charge in [0.05, 0.1) is 50.3 Å². The molecule has 78 heavy (non-hydrogen) atoms. The van der Waals surface area contributed by atoms with Gasteiger partial charge in [-0.15, -0.1) is 0 Å². The Bertz CT molecular complexity index is 2020. The Balaban J connectivity index is 0.995. The van der Waals surface area contributed by atoms with E-state index in [1.807, 2.05) is 0 Å². The van der Waals surface area contributed by atoms with Gasteiger partial charge < -0.3 is 120 Å². The number of hydrogen-bond donors (Lipinski definition) is 16. The zero-order valence-corrected chi connectivity index (χ0v) is 46.1. The molecule has 0 bridgehead atoms. The van der Waals surface area contributed by atoms with Crippen LogP contribution >= 0.6 is 0 Å². The average Bonchev–Trinajstić information content (AvgIpc) is 3.12. The topological polar surface area (TPSA) is 398 Å². The van der Waals surface area contributed by atoms with E-state index in [2.05, 4.69) is 47.6 Å². The van der Waals surface area contributed by atoms with Crippen molar-refractivity contribution in [2.75, 3.05) is 26.4 Å². The first-order chi connectivity index (χ1) is 36.5. The van der Waals surface area contributed by atoms with Crippen LogP contribution in [0.1, 0.15) is 107 Å². The molecule has 0 aromatic heterocycles. The minimum Gasteiger partial charge on any atom is -0.394 e. The van der Waals surface area contributed by atoms with Crippen LogP contribution in [0.25, 0.3) is 0 Å². The van der Waals surface area contributed by atoms with E-state index in [1.165, 1.54) is 13.8 Å². The lowest BCUT2D eigenvalue weighted by molar-refractivity contribution is -0.393. The van der Waals surface area contributed by atoms with Crippen LogP contribution in [-0.4, -0.2) is 255 Å². The molecule has 0 spiro atoms. The summed E-state index contributed by atoms with van der Waals surface area (Å²) in [6.07, 6.45) is -28.2. The lowest BCUT2D eigenvalue weighted by atomic mass is 9.38. The van der Waals surface area contributed by atoms with Gasteiger partial charge in [0.15, 0.2) is 25.2 Å². The normalized spacial score (nSPS) is 51.4. The van der Waals surface area contributed by atoms with Crippen molar-refractivity contribution in [1.29, 1.82) is 0 Å². The molecule has 4 aliphatic heterocycles. The maximum absolute atomic E-state index is 12.7. The van der Waals surface area contributed by atoms with Gasteiger partial charge in [-0.25, -0.2) is 0 Å².